The molecule has 0 aliphatic carbocycles. The van der Waals surface area contributed by atoms with Gasteiger partial charge in [0.15, 0.2) is 5.79 Å². The number of hydrogen-bond donors (Lipinski definition) is 4. The molecule has 0 aliphatic rings. The molecule has 4 N–H and O–H groups in total. The topological polar surface area (TPSA) is 98.0 Å². The van der Waals surface area contributed by atoms with E-state index in [1.807, 2.05) is 0 Å². The third-order valence-electron chi connectivity index (χ3n) is 1.86. The summed E-state index contributed by atoms with van der Waals surface area (Å²) in [5, 5.41) is 33.5. The number of carboxylic acids is 1. The normalized spacial score (nSPS) is 12.3. The molecule has 0 aliphatic heterocycles. The fourth-order valence-corrected chi connectivity index (χ4v) is 0.214. The first kappa shape index (κ1) is 16.5. The van der Waals surface area contributed by atoms with Gasteiger partial charge in [-0.15, -0.1) is 0 Å². The van der Waals surface area contributed by atoms with Gasteiger partial charge in [0, 0.05) is 5.57 Å². The Morgan fingerprint density at radius 3 is 1.47 bits per heavy atom. The molecule has 5 nitrogen and oxygen atoms in total. The van der Waals surface area contributed by atoms with Crippen LogP contribution in [0.15, 0.2) is 11.1 Å². The summed E-state index contributed by atoms with van der Waals surface area (Å²) in [6.45, 7) is 7.59. The van der Waals surface area contributed by atoms with Gasteiger partial charge in [-0.3, -0.25) is 0 Å². The number of aliphatic hydroxyl groups is 3. The zero-order chi connectivity index (χ0) is 12.8. The van der Waals surface area contributed by atoms with Crippen molar-refractivity contribution in [1.82, 2.24) is 0 Å². The lowest BCUT2D eigenvalue weighted by atomic mass is 10.2. The van der Waals surface area contributed by atoms with Crippen LogP contribution in [0.2, 0.25) is 0 Å². The molecule has 5 heteroatoms. The van der Waals surface area contributed by atoms with Gasteiger partial charge in [0.05, 0.1) is 0 Å². The van der Waals surface area contributed by atoms with E-state index in [0.29, 0.717) is 5.57 Å². The van der Waals surface area contributed by atoms with Crippen LogP contribution in [0, 0.1) is 0 Å². The lowest BCUT2D eigenvalue weighted by Gasteiger charge is -2.17. The van der Waals surface area contributed by atoms with Gasteiger partial charge in [-0.25, -0.2) is 4.79 Å². The SMILES string of the molecule is CC(C)=C(C)C(=O)O.CC(O)C(C)(O)O. The Kier molecular flexibility index (Phi) is 7.21. The number of carboxylic acid groups (broad SMARTS) is 1. The molecule has 0 saturated heterocycles. The Hall–Kier alpha value is -0.910. The highest BCUT2D eigenvalue weighted by Crippen LogP contribution is 2.01. The van der Waals surface area contributed by atoms with E-state index in [1.54, 1.807) is 20.8 Å². The van der Waals surface area contributed by atoms with Gasteiger partial charge in [-0.2, -0.15) is 0 Å². The summed E-state index contributed by atoms with van der Waals surface area (Å²) in [5.41, 5.74) is 1.29. The molecular weight excluding hydrogens is 200 g/mol. The zero-order valence-corrected chi connectivity index (χ0v) is 9.77. The average Bonchev–Trinajstić information content (AvgIpc) is 2.01. The first-order chi connectivity index (χ1) is 6.50. The summed E-state index contributed by atoms with van der Waals surface area (Å²) >= 11 is 0. The molecule has 0 aromatic rings. The second kappa shape index (κ2) is 6.55. The molecule has 0 heterocycles. The fourth-order valence-electron chi connectivity index (χ4n) is 0.214. The average molecular weight is 220 g/mol. The van der Waals surface area contributed by atoms with Gasteiger partial charge in [-0.05, 0) is 34.6 Å². The van der Waals surface area contributed by atoms with E-state index >= 15 is 0 Å². The minimum absolute atomic E-state index is 0.435. The molecule has 0 aromatic carbocycles. The lowest BCUT2D eigenvalue weighted by Crippen LogP contribution is -2.36. The predicted molar refractivity (Wildman–Crippen MR) is 56.2 cm³/mol. The number of aliphatic carboxylic acids is 1. The Labute approximate surface area is 89.7 Å². The van der Waals surface area contributed by atoms with E-state index in [-0.39, 0.29) is 0 Å². The summed E-state index contributed by atoms with van der Waals surface area (Å²) in [4.78, 5) is 10.1. The van der Waals surface area contributed by atoms with Crippen LogP contribution < -0.4 is 0 Å². The number of allylic oxidation sites excluding steroid dienone is 1. The summed E-state index contributed by atoms with van der Waals surface area (Å²) in [5.74, 6) is -2.77. The van der Waals surface area contributed by atoms with Gasteiger partial charge in [-0.1, -0.05) is 5.57 Å². The smallest absolute Gasteiger partial charge is 0.331 e. The number of hydrogen-bond acceptors (Lipinski definition) is 4. The van der Waals surface area contributed by atoms with E-state index in [1.165, 1.54) is 6.92 Å². The fraction of sp³-hybridized carbons (Fsp3) is 0.700. The highest BCUT2D eigenvalue weighted by atomic mass is 16.5. The predicted octanol–water partition coefficient (Wildman–Crippen LogP) is 0.495. The molecule has 90 valence electrons. The zero-order valence-electron chi connectivity index (χ0n) is 9.77. The van der Waals surface area contributed by atoms with Gasteiger partial charge in [0.2, 0.25) is 0 Å². The Morgan fingerprint density at radius 2 is 1.47 bits per heavy atom. The van der Waals surface area contributed by atoms with Crippen LogP contribution in [0.3, 0.4) is 0 Å². The molecule has 0 spiro atoms. The maximum atomic E-state index is 10.1. The summed E-state index contributed by atoms with van der Waals surface area (Å²) < 4.78 is 0. The van der Waals surface area contributed by atoms with Gasteiger partial charge >= 0.3 is 5.97 Å². The molecule has 15 heavy (non-hydrogen) atoms. The standard InChI is InChI=1S/C6H10O2.C4H10O3/c1-4(2)5(3)6(7)8;1-3(5)4(2,6)7/h1-3H3,(H,7,8);3,5-7H,1-2H3. The Balaban J connectivity index is 0. The van der Waals surface area contributed by atoms with E-state index < -0.39 is 17.9 Å². The van der Waals surface area contributed by atoms with Crippen LogP contribution in [-0.4, -0.2) is 38.3 Å². The molecule has 1 unspecified atom stereocenters. The van der Waals surface area contributed by atoms with Crippen molar-refractivity contribution in [1.29, 1.82) is 0 Å². The molecule has 0 bridgehead atoms. The van der Waals surface area contributed by atoms with Crippen LogP contribution in [0.25, 0.3) is 0 Å². The maximum absolute atomic E-state index is 10.1. The third-order valence-corrected chi connectivity index (χ3v) is 1.86. The van der Waals surface area contributed by atoms with Crippen molar-refractivity contribution in [2.75, 3.05) is 0 Å². The first-order valence-corrected chi connectivity index (χ1v) is 4.50. The van der Waals surface area contributed by atoms with Crippen LogP contribution in [0.4, 0.5) is 0 Å². The van der Waals surface area contributed by atoms with Gasteiger partial charge in [0.25, 0.3) is 0 Å². The maximum Gasteiger partial charge on any atom is 0.331 e. The van der Waals surface area contributed by atoms with E-state index in [9.17, 15) is 4.79 Å². The van der Waals surface area contributed by atoms with Gasteiger partial charge in [0.1, 0.15) is 6.10 Å². The molecule has 0 radical (unpaired) electrons. The highest BCUT2D eigenvalue weighted by molar-refractivity contribution is 5.86. The van der Waals surface area contributed by atoms with Crippen molar-refractivity contribution in [3.8, 4) is 0 Å². The minimum atomic E-state index is -1.94. The van der Waals surface area contributed by atoms with Crippen LogP contribution in [-0.2, 0) is 4.79 Å². The largest absolute Gasteiger partial charge is 0.478 e. The Bertz CT molecular complexity index is 231. The molecular formula is C10H20O5. The van der Waals surface area contributed by atoms with Crippen molar-refractivity contribution in [3.05, 3.63) is 11.1 Å². The minimum Gasteiger partial charge on any atom is -0.478 e. The van der Waals surface area contributed by atoms with E-state index in [0.717, 1.165) is 12.5 Å². The molecule has 0 saturated carbocycles. The number of carbonyl (C=O) groups is 1. The van der Waals surface area contributed by atoms with E-state index in [4.69, 9.17) is 20.4 Å². The molecule has 0 rings (SSSR count). The van der Waals surface area contributed by atoms with Crippen molar-refractivity contribution >= 4 is 5.97 Å². The highest BCUT2D eigenvalue weighted by Gasteiger charge is 2.21. The molecule has 1 atom stereocenters. The van der Waals surface area contributed by atoms with Crippen molar-refractivity contribution in [2.45, 2.75) is 46.5 Å². The lowest BCUT2D eigenvalue weighted by molar-refractivity contribution is -0.205. The van der Waals surface area contributed by atoms with Crippen LogP contribution in [0.1, 0.15) is 34.6 Å². The van der Waals surface area contributed by atoms with Crippen molar-refractivity contribution in [3.63, 3.8) is 0 Å². The number of aliphatic hydroxyl groups excluding tert-OH is 1. The molecule has 0 amide bonds. The first-order valence-electron chi connectivity index (χ1n) is 4.50. The summed E-state index contributed by atoms with van der Waals surface area (Å²) in [7, 11) is 0. The van der Waals surface area contributed by atoms with Gasteiger partial charge < -0.3 is 20.4 Å². The molecule has 0 fully saturated rings. The summed E-state index contributed by atoms with van der Waals surface area (Å²) in [6.07, 6.45) is -1.09. The second-order valence-corrected chi connectivity index (χ2v) is 3.70. The van der Waals surface area contributed by atoms with Crippen molar-refractivity contribution < 1.29 is 25.2 Å². The number of rotatable bonds is 2. The van der Waals surface area contributed by atoms with Crippen molar-refractivity contribution in [2.24, 2.45) is 0 Å². The second-order valence-electron chi connectivity index (χ2n) is 3.70. The third kappa shape index (κ3) is 9.40. The van der Waals surface area contributed by atoms with Crippen LogP contribution >= 0.6 is 0 Å². The summed E-state index contributed by atoms with van der Waals surface area (Å²) in [6, 6.07) is 0. The Morgan fingerprint density at radius 1 is 1.20 bits per heavy atom. The molecule has 0 aromatic heterocycles. The van der Waals surface area contributed by atoms with Crippen LogP contribution in [0.5, 0.6) is 0 Å². The quantitative estimate of drug-likeness (QED) is 0.401. The van der Waals surface area contributed by atoms with E-state index in [2.05, 4.69) is 0 Å². The monoisotopic (exact) mass is 220 g/mol.